The molecule has 0 aliphatic heterocycles. The van der Waals surface area contributed by atoms with Gasteiger partial charge in [-0.15, -0.1) is 0 Å². The zero-order valence-corrected chi connectivity index (χ0v) is 15.8. The molecule has 5 nitrogen and oxygen atoms in total. The SMILES string of the molecule is CCCSCCC(NC(=O)OC(C)(C)C)C(=O)OC(C)(C)C. The summed E-state index contributed by atoms with van der Waals surface area (Å²) in [5.74, 6) is 1.40. The molecule has 0 aromatic heterocycles. The average molecular weight is 333 g/mol. The molecule has 0 saturated heterocycles. The maximum Gasteiger partial charge on any atom is 0.408 e. The lowest BCUT2D eigenvalue weighted by molar-refractivity contribution is -0.157. The number of carbonyl (C=O) groups excluding carboxylic acids is 2. The van der Waals surface area contributed by atoms with Crippen molar-refractivity contribution in [2.75, 3.05) is 11.5 Å². The third-order valence-electron chi connectivity index (χ3n) is 2.28. The Balaban J connectivity index is 4.64. The van der Waals surface area contributed by atoms with Crippen molar-refractivity contribution in [3.8, 4) is 0 Å². The van der Waals surface area contributed by atoms with Crippen molar-refractivity contribution >= 4 is 23.8 Å². The summed E-state index contributed by atoms with van der Waals surface area (Å²) in [7, 11) is 0. The number of rotatable bonds is 7. The molecule has 22 heavy (non-hydrogen) atoms. The molecule has 0 aromatic rings. The van der Waals surface area contributed by atoms with Gasteiger partial charge in [-0.05, 0) is 65.9 Å². The van der Waals surface area contributed by atoms with Crippen molar-refractivity contribution in [3.63, 3.8) is 0 Å². The molecule has 0 heterocycles. The first-order chi connectivity index (χ1) is 9.94. The van der Waals surface area contributed by atoms with E-state index in [-0.39, 0.29) is 0 Å². The Bertz CT molecular complexity index is 358. The van der Waals surface area contributed by atoms with Crippen molar-refractivity contribution in [1.82, 2.24) is 5.32 Å². The van der Waals surface area contributed by atoms with Crippen LogP contribution in [0.15, 0.2) is 0 Å². The highest BCUT2D eigenvalue weighted by Crippen LogP contribution is 2.13. The zero-order valence-electron chi connectivity index (χ0n) is 14.9. The van der Waals surface area contributed by atoms with Gasteiger partial charge in [0.1, 0.15) is 17.2 Å². The van der Waals surface area contributed by atoms with E-state index in [1.165, 1.54) is 0 Å². The average Bonchev–Trinajstić information content (AvgIpc) is 2.28. The van der Waals surface area contributed by atoms with Gasteiger partial charge in [-0.3, -0.25) is 0 Å². The van der Waals surface area contributed by atoms with Gasteiger partial charge in [-0.2, -0.15) is 11.8 Å². The van der Waals surface area contributed by atoms with E-state index in [9.17, 15) is 9.59 Å². The van der Waals surface area contributed by atoms with Crippen LogP contribution in [0.1, 0.15) is 61.3 Å². The van der Waals surface area contributed by atoms with E-state index in [1.807, 2.05) is 0 Å². The molecule has 0 aliphatic carbocycles. The third-order valence-corrected chi connectivity index (χ3v) is 3.50. The summed E-state index contributed by atoms with van der Waals surface area (Å²) >= 11 is 1.76. The standard InChI is InChI=1S/C16H31NO4S/c1-8-10-22-11-9-12(13(18)20-15(2,3)4)17-14(19)21-16(5,6)7/h12H,8-11H2,1-7H3,(H,17,19). The highest BCUT2D eigenvalue weighted by molar-refractivity contribution is 7.99. The Morgan fingerprint density at radius 2 is 1.55 bits per heavy atom. The monoisotopic (exact) mass is 333 g/mol. The summed E-state index contributed by atoms with van der Waals surface area (Å²) in [6.07, 6.45) is 1.02. The van der Waals surface area contributed by atoms with Crippen LogP contribution in [-0.4, -0.2) is 40.8 Å². The van der Waals surface area contributed by atoms with E-state index in [1.54, 1.807) is 53.3 Å². The molecule has 0 rings (SSSR count). The Kier molecular flexibility index (Phi) is 8.89. The van der Waals surface area contributed by atoms with Gasteiger partial charge < -0.3 is 14.8 Å². The van der Waals surface area contributed by atoms with Crippen LogP contribution in [0.25, 0.3) is 0 Å². The molecule has 0 aromatic carbocycles. The molecule has 0 radical (unpaired) electrons. The smallest absolute Gasteiger partial charge is 0.408 e. The van der Waals surface area contributed by atoms with Gasteiger partial charge in [0.25, 0.3) is 0 Å². The summed E-state index contributed by atoms with van der Waals surface area (Å²) in [6, 6.07) is -0.682. The van der Waals surface area contributed by atoms with Crippen molar-refractivity contribution in [2.45, 2.75) is 78.6 Å². The van der Waals surface area contributed by atoms with E-state index in [2.05, 4.69) is 12.2 Å². The van der Waals surface area contributed by atoms with Crippen LogP contribution in [0.2, 0.25) is 0 Å². The number of esters is 1. The van der Waals surface area contributed by atoms with Gasteiger partial charge in [0.15, 0.2) is 0 Å². The number of ether oxygens (including phenoxy) is 2. The van der Waals surface area contributed by atoms with Crippen LogP contribution in [0.3, 0.4) is 0 Å². The molecule has 6 heteroatoms. The maximum absolute atomic E-state index is 12.2. The number of hydrogen-bond donors (Lipinski definition) is 1. The molecule has 1 atom stereocenters. The summed E-state index contributed by atoms with van der Waals surface area (Å²) in [5, 5.41) is 2.62. The fourth-order valence-corrected chi connectivity index (χ4v) is 2.41. The van der Waals surface area contributed by atoms with Gasteiger partial charge in [0, 0.05) is 0 Å². The van der Waals surface area contributed by atoms with Crippen LogP contribution in [0.4, 0.5) is 4.79 Å². The normalized spacial score (nSPS) is 13.4. The number of nitrogens with one attached hydrogen (secondary N) is 1. The van der Waals surface area contributed by atoms with Gasteiger partial charge in [-0.1, -0.05) is 6.92 Å². The summed E-state index contributed by atoms with van der Waals surface area (Å²) in [5.41, 5.74) is -1.18. The molecule has 130 valence electrons. The first-order valence-electron chi connectivity index (χ1n) is 7.74. The summed E-state index contributed by atoms with van der Waals surface area (Å²) < 4.78 is 10.6. The Hall–Kier alpha value is -0.910. The Morgan fingerprint density at radius 1 is 1.00 bits per heavy atom. The van der Waals surface area contributed by atoms with Crippen molar-refractivity contribution < 1.29 is 19.1 Å². The second-order valence-corrected chi connectivity index (χ2v) is 8.36. The van der Waals surface area contributed by atoms with Crippen LogP contribution in [0, 0.1) is 0 Å². The molecule has 0 aliphatic rings. The lowest BCUT2D eigenvalue weighted by atomic mass is 10.1. The lowest BCUT2D eigenvalue weighted by Gasteiger charge is -2.26. The molecule has 0 fully saturated rings. The van der Waals surface area contributed by atoms with Gasteiger partial charge in [-0.25, -0.2) is 9.59 Å². The fraction of sp³-hybridized carbons (Fsp3) is 0.875. The number of carbonyl (C=O) groups is 2. The Labute approximate surface area is 138 Å². The topological polar surface area (TPSA) is 64.6 Å². The van der Waals surface area contributed by atoms with Crippen molar-refractivity contribution in [1.29, 1.82) is 0 Å². The van der Waals surface area contributed by atoms with Crippen molar-refractivity contribution in [2.24, 2.45) is 0 Å². The number of thioether (sulfide) groups is 1. The second-order valence-electron chi connectivity index (χ2n) is 7.13. The molecular formula is C16H31NO4S. The highest BCUT2D eigenvalue weighted by Gasteiger charge is 2.28. The molecule has 0 spiro atoms. The van der Waals surface area contributed by atoms with Crippen LogP contribution >= 0.6 is 11.8 Å². The lowest BCUT2D eigenvalue weighted by Crippen LogP contribution is -2.46. The van der Waals surface area contributed by atoms with E-state index >= 15 is 0 Å². The first kappa shape index (κ1) is 21.1. The molecule has 0 bridgehead atoms. The van der Waals surface area contributed by atoms with E-state index in [0.29, 0.717) is 6.42 Å². The first-order valence-corrected chi connectivity index (χ1v) is 8.90. The summed E-state index contributed by atoms with van der Waals surface area (Å²) in [6.45, 7) is 12.9. The number of hydrogen-bond acceptors (Lipinski definition) is 5. The van der Waals surface area contributed by atoms with Gasteiger partial charge >= 0.3 is 12.1 Å². The molecular weight excluding hydrogens is 302 g/mol. The van der Waals surface area contributed by atoms with Gasteiger partial charge in [0.2, 0.25) is 0 Å². The van der Waals surface area contributed by atoms with Crippen LogP contribution in [-0.2, 0) is 14.3 Å². The van der Waals surface area contributed by atoms with Gasteiger partial charge in [0.05, 0.1) is 0 Å². The highest BCUT2D eigenvalue weighted by atomic mass is 32.2. The largest absolute Gasteiger partial charge is 0.458 e. The minimum atomic E-state index is -0.682. The van der Waals surface area contributed by atoms with E-state index in [4.69, 9.17) is 9.47 Å². The van der Waals surface area contributed by atoms with E-state index < -0.39 is 29.3 Å². The molecule has 1 amide bonds. The predicted octanol–water partition coefficient (Wildman–Crippen LogP) is 3.75. The second kappa shape index (κ2) is 9.28. The predicted molar refractivity (Wildman–Crippen MR) is 91.2 cm³/mol. The van der Waals surface area contributed by atoms with Crippen molar-refractivity contribution in [3.05, 3.63) is 0 Å². The number of alkyl carbamates (subject to hydrolysis) is 1. The molecule has 1 unspecified atom stereocenters. The minimum Gasteiger partial charge on any atom is -0.458 e. The minimum absolute atomic E-state index is 0.421. The molecule has 0 saturated carbocycles. The third kappa shape index (κ3) is 11.7. The van der Waals surface area contributed by atoms with Crippen LogP contribution < -0.4 is 5.32 Å². The number of amides is 1. The van der Waals surface area contributed by atoms with E-state index in [0.717, 1.165) is 17.9 Å². The molecule has 1 N–H and O–H groups in total. The van der Waals surface area contributed by atoms with Crippen LogP contribution in [0.5, 0.6) is 0 Å². The maximum atomic E-state index is 12.2. The fourth-order valence-electron chi connectivity index (χ4n) is 1.52. The Morgan fingerprint density at radius 3 is 2.00 bits per heavy atom. The zero-order chi connectivity index (χ0) is 17.4. The summed E-state index contributed by atoms with van der Waals surface area (Å²) in [4.78, 5) is 24.1. The quantitative estimate of drug-likeness (QED) is 0.568.